The minimum Gasteiger partial charge on any atom is -0.200 e. The van der Waals surface area contributed by atoms with Crippen LogP contribution in [0.5, 0.6) is 0 Å². The summed E-state index contributed by atoms with van der Waals surface area (Å²) in [5, 5.41) is 3.84. The Bertz CT molecular complexity index is 713. The SMILES string of the molecule is CC(C=NNS(=O)(=O)c1ccc(Br)cc1)c1ccccc1. The number of hydrogen-bond donors (Lipinski definition) is 1. The first-order valence-corrected chi connectivity index (χ1v) is 8.62. The highest BCUT2D eigenvalue weighted by Crippen LogP contribution is 2.15. The lowest BCUT2D eigenvalue weighted by atomic mass is 10.0. The highest BCUT2D eigenvalue weighted by atomic mass is 79.9. The van der Waals surface area contributed by atoms with Gasteiger partial charge in [0.15, 0.2) is 0 Å². The van der Waals surface area contributed by atoms with Crippen molar-refractivity contribution >= 4 is 32.2 Å². The standard InChI is InChI=1S/C15H15BrN2O2S/c1-12(13-5-3-2-4-6-13)11-17-18-21(19,20)15-9-7-14(16)8-10-15/h2-12,18H,1H3. The zero-order valence-electron chi connectivity index (χ0n) is 11.4. The first-order chi connectivity index (χ1) is 9.99. The Balaban J connectivity index is 2.05. The largest absolute Gasteiger partial charge is 0.276 e. The molecule has 0 amide bonds. The van der Waals surface area contributed by atoms with Gasteiger partial charge in [-0.3, -0.25) is 0 Å². The van der Waals surface area contributed by atoms with E-state index in [0.29, 0.717) is 0 Å². The summed E-state index contributed by atoms with van der Waals surface area (Å²) in [4.78, 5) is 2.40. The van der Waals surface area contributed by atoms with Crippen LogP contribution >= 0.6 is 15.9 Å². The summed E-state index contributed by atoms with van der Waals surface area (Å²) in [6.45, 7) is 1.95. The van der Waals surface area contributed by atoms with Gasteiger partial charge in [0, 0.05) is 16.6 Å². The predicted molar refractivity (Wildman–Crippen MR) is 87.8 cm³/mol. The minimum absolute atomic E-state index is 0.0267. The lowest BCUT2D eigenvalue weighted by Gasteiger charge is -2.06. The second-order valence-electron chi connectivity index (χ2n) is 4.53. The lowest BCUT2D eigenvalue weighted by molar-refractivity contribution is 0.584. The van der Waals surface area contributed by atoms with Crippen LogP contribution in [-0.4, -0.2) is 14.6 Å². The predicted octanol–water partition coefficient (Wildman–Crippen LogP) is 3.52. The van der Waals surface area contributed by atoms with E-state index in [-0.39, 0.29) is 10.8 Å². The van der Waals surface area contributed by atoms with E-state index >= 15 is 0 Å². The Hall–Kier alpha value is -1.66. The molecule has 0 aromatic heterocycles. The normalized spacial score (nSPS) is 13.2. The van der Waals surface area contributed by atoms with Crippen molar-refractivity contribution < 1.29 is 8.42 Å². The van der Waals surface area contributed by atoms with E-state index in [1.807, 2.05) is 37.3 Å². The molecule has 0 fully saturated rings. The summed E-state index contributed by atoms with van der Waals surface area (Å²) < 4.78 is 24.9. The van der Waals surface area contributed by atoms with Crippen molar-refractivity contribution in [2.24, 2.45) is 5.10 Å². The average Bonchev–Trinajstić information content (AvgIpc) is 2.48. The fourth-order valence-electron chi connectivity index (χ4n) is 1.72. The molecule has 2 rings (SSSR count). The van der Waals surface area contributed by atoms with Gasteiger partial charge in [0.1, 0.15) is 0 Å². The van der Waals surface area contributed by atoms with Crippen LogP contribution in [0.1, 0.15) is 18.4 Å². The second kappa shape index (κ2) is 6.87. The van der Waals surface area contributed by atoms with Gasteiger partial charge in [0.25, 0.3) is 10.0 Å². The summed E-state index contributed by atoms with van der Waals surface area (Å²) in [6, 6.07) is 16.1. The molecule has 4 nitrogen and oxygen atoms in total. The Morgan fingerprint density at radius 2 is 1.71 bits per heavy atom. The van der Waals surface area contributed by atoms with Gasteiger partial charge < -0.3 is 0 Å². The third-order valence-electron chi connectivity index (χ3n) is 2.92. The van der Waals surface area contributed by atoms with Gasteiger partial charge in [0.05, 0.1) is 4.90 Å². The first kappa shape index (κ1) is 15.7. The summed E-state index contributed by atoms with van der Waals surface area (Å²) in [6.07, 6.45) is 1.58. The Labute approximate surface area is 133 Å². The van der Waals surface area contributed by atoms with Crippen LogP contribution in [-0.2, 0) is 10.0 Å². The summed E-state index contributed by atoms with van der Waals surface area (Å²) in [5.41, 5.74) is 1.07. The van der Waals surface area contributed by atoms with Crippen LogP contribution < -0.4 is 4.83 Å². The van der Waals surface area contributed by atoms with Crippen molar-refractivity contribution in [2.45, 2.75) is 17.7 Å². The molecule has 0 spiro atoms. The molecular weight excluding hydrogens is 352 g/mol. The molecule has 6 heteroatoms. The Morgan fingerprint density at radius 1 is 1.10 bits per heavy atom. The maximum absolute atomic E-state index is 12.0. The molecule has 0 saturated heterocycles. The summed E-state index contributed by atoms with van der Waals surface area (Å²) in [7, 11) is -3.62. The molecule has 0 aliphatic carbocycles. The lowest BCUT2D eigenvalue weighted by Crippen LogP contribution is -2.18. The number of hydrogen-bond acceptors (Lipinski definition) is 3. The number of sulfonamides is 1. The molecule has 0 bridgehead atoms. The molecular formula is C15H15BrN2O2S. The van der Waals surface area contributed by atoms with Crippen molar-refractivity contribution in [3.63, 3.8) is 0 Å². The van der Waals surface area contributed by atoms with Gasteiger partial charge in [-0.1, -0.05) is 53.2 Å². The van der Waals surface area contributed by atoms with Crippen molar-refractivity contribution in [2.75, 3.05) is 0 Å². The van der Waals surface area contributed by atoms with Crippen molar-refractivity contribution in [3.8, 4) is 0 Å². The Morgan fingerprint density at radius 3 is 2.33 bits per heavy atom. The van der Waals surface area contributed by atoms with Gasteiger partial charge in [-0.15, -0.1) is 0 Å². The van der Waals surface area contributed by atoms with Crippen LogP contribution in [0.2, 0.25) is 0 Å². The molecule has 0 aliphatic rings. The summed E-state index contributed by atoms with van der Waals surface area (Å²) >= 11 is 3.26. The molecule has 0 saturated carbocycles. The number of benzene rings is 2. The van der Waals surface area contributed by atoms with Crippen molar-refractivity contribution in [1.29, 1.82) is 0 Å². The van der Waals surface area contributed by atoms with E-state index in [1.165, 1.54) is 12.1 Å². The highest BCUT2D eigenvalue weighted by molar-refractivity contribution is 9.10. The van der Waals surface area contributed by atoms with Gasteiger partial charge in [-0.2, -0.15) is 13.5 Å². The maximum Gasteiger partial charge on any atom is 0.276 e. The number of nitrogens with zero attached hydrogens (tertiary/aromatic N) is 1. The quantitative estimate of drug-likeness (QED) is 0.649. The minimum atomic E-state index is -3.62. The van der Waals surface area contributed by atoms with E-state index in [1.54, 1.807) is 18.3 Å². The zero-order valence-corrected chi connectivity index (χ0v) is 13.8. The fraction of sp³-hybridized carbons (Fsp3) is 0.133. The van der Waals surface area contributed by atoms with Crippen LogP contribution in [0.4, 0.5) is 0 Å². The average molecular weight is 367 g/mol. The van der Waals surface area contributed by atoms with E-state index < -0.39 is 10.0 Å². The molecule has 21 heavy (non-hydrogen) atoms. The molecule has 2 aromatic carbocycles. The van der Waals surface area contributed by atoms with E-state index in [2.05, 4.69) is 25.9 Å². The smallest absolute Gasteiger partial charge is 0.200 e. The molecule has 0 aliphatic heterocycles. The third kappa shape index (κ3) is 4.41. The number of nitrogens with one attached hydrogen (secondary N) is 1. The molecule has 2 aromatic rings. The number of rotatable bonds is 5. The van der Waals surface area contributed by atoms with Crippen LogP contribution in [0.15, 0.2) is 69.1 Å². The fourth-order valence-corrected chi connectivity index (χ4v) is 2.78. The monoisotopic (exact) mass is 366 g/mol. The summed E-state index contributed by atoms with van der Waals surface area (Å²) in [5.74, 6) is 0.0267. The topological polar surface area (TPSA) is 58.5 Å². The molecule has 110 valence electrons. The van der Waals surface area contributed by atoms with Gasteiger partial charge in [0.2, 0.25) is 0 Å². The first-order valence-electron chi connectivity index (χ1n) is 6.34. The van der Waals surface area contributed by atoms with Crippen LogP contribution in [0, 0.1) is 0 Å². The molecule has 1 atom stereocenters. The third-order valence-corrected chi connectivity index (χ3v) is 4.69. The van der Waals surface area contributed by atoms with E-state index in [0.717, 1.165) is 10.0 Å². The Kier molecular flexibility index (Phi) is 5.14. The van der Waals surface area contributed by atoms with Gasteiger partial charge in [-0.05, 0) is 29.8 Å². The van der Waals surface area contributed by atoms with Crippen LogP contribution in [0.3, 0.4) is 0 Å². The van der Waals surface area contributed by atoms with Crippen LogP contribution in [0.25, 0.3) is 0 Å². The number of hydrazone groups is 1. The molecule has 0 radical (unpaired) electrons. The highest BCUT2D eigenvalue weighted by Gasteiger charge is 2.12. The molecule has 0 heterocycles. The second-order valence-corrected chi connectivity index (χ2v) is 7.10. The van der Waals surface area contributed by atoms with Crippen molar-refractivity contribution in [1.82, 2.24) is 4.83 Å². The number of halogens is 1. The molecule has 1 N–H and O–H groups in total. The van der Waals surface area contributed by atoms with E-state index in [9.17, 15) is 8.42 Å². The van der Waals surface area contributed by atoms with E-state index in [4.69, 9.17) is 0 Å². The zero-order chi connectivity index (χ0) is 15.3. The van der Waals surface area contributed by atoms with Crippen molar-refractivity contribution in [3.05, 3.63) is 64.6 Å². The maximum atomic E-state index is 12.0. The van der Waals surface area contributed by atoms with Gasteiger partial charge >= 0.3 is 0 Å². The van der Waals surface area contributed by atoms with Gasteiger partial charge in [-0.25, -0.2) is 4.83 Å². The molecule has 1 unspecified atom stereocenters.